The lowest BCUT2D eigenvalue weighted by Crippen LogP contribution is -2.51. The van der Waals surface area contributed by atoms with Gasteiger partial charge in [0.25, 0.3) is 0 Å². The summed E-state index contributed by atoms with van der Waals surface area (Å²) in [6.07, 6.45) is 4.64. The van der Waals surface area contributed by atoms with Crippen molar-refractivity contribution >= 4 is 0 Å². The highest BCUT2D eigenvalue weighted by molar-refractivity contribution is 5.36. The minimum atomic E-state index is -4.26. The largest absolute Gasteiger partial charge is 0.416 e. The molecule has 0 aromatic heterocycles. The first-order valence-electron chi connectivity index (χ1n) is 9.79. The fourth-order valence-electron chi connectivity index (χ4n) is 6.80. The average Bonchev–Trinajstić information content (AvgIpc) is 2.53. The van der Waals surface area contributed by atoms with Gasteiger partial charge in [0.2, 0.25) is 0 Å². The fourth-order valence-corrected chi connectivity index (χ4v) is 6.80. The second-order valence-electron chi connectivity index (χ2n) is 8.78. The first kappa shape index (κ1) is 17.4. The van der Waals surface area contributed by atoms with Crippen molar-refractivity contribution in [2.45, 2.75) is 63.5 Å². The predicted octanol–water partition coefficient (Wildman–Crippen LogP) is 5.74. The summed E-state index contributed by atoms with van der Waals surface area (Å²) >= 11 is 0. The van der Waals surface area contributed by atoms with Crippen LogP contribution in [0.15, 0.2) is 24.3 Å². The van der Waals surface area contributed by atoms with E-state index in [1.807, 2.05) is 0 Å². The fraction of sp³-hybridized carbons (Fsp3) is 0.714. The number of rotatable bonds is 5. The third kappa shape index (κ3) is 3.01. The summed E-state index contributed by atoms with van der Waals surface area (Å²) in [5.74, 6) is 2.00. The van der Waals surface area contributed by atoms with Crippen LogP contribution in [0, 0.1) is 23.2 Å². The van der Waals surface area contributed by atoms with Crippen LogP contribution in [0.2, 0.25) is 0 Å². The molecule has 0 spiro atoms. The lowest BCUT2D eigenvalue weighted by molar-refractivity contribution is -0.141. The maximum absolute atomic E-state index is 13.7. The van der Waals surface area contributed by atoms with Crippen molar-refractivity contribution < 1.29 is 13.2 Å². The maximum Gasteiger partial charge on any atom is 0.416 e. The quantitative estimate of drug-likeness (QED) is 0.672. The zero-order chi connectivity index (χ0) is 17.7. The molecular formula is C21H28F3N. The van der Waals surface area contributed by atoms with Crippen molar-refractivity contribution in [2.75, 3.05) is 6.54 Å². The Morgan fingerprint density at radius 2 is 1.68 bits per heavy atom. The van der Waals surface area contributed by atoms with Gasteiger partial charge in [-0.15, -0.1) is 0 Å². The number of alkyl halides is 3. The number of halogens is 3. The van der Waals surface area contributed by atoms with Crippen LogP contribution < -0.4 is 5.73 Å². The number of unbranched alkanes of at least 4 members (excludes halogenated alkanes) is 1. The molecule has 1 nitrogen and oxygen atoms in total. The number of benzene rings is 1. The Balaban J connectivity index is 1.74. The van der Waals surface area contributed by atoms with Gasteiger partial charge in [0, 0.05) is 0 Å². The van der Waals surface area contributed by atoms with Crippen LogP contribution in [0.3, 0.4) is 0 Å². The molecule has 0 aliphatic heterocycles. The van der Waals surface area contributed by atoms with Crippen molar-refractivity contribution in [1.29, 1.82) is 0 Å². The minimum Gasteiger partial charge on any atom is -0.330 e. The van der Waals surface area contributed by atoms with E-state index in [-0.39, 0.29) is 11.3 Å². The molecule has 4 aliphatic carbocycles. The molecule has 4 fully saturated rings. The zero-order valence-corrected chi connectivity index (χ0v) is 14.7. The van der Waals surface area contributed by atoms with Crippen LogP contribution in [0.5, 0.6) is 0 Å². The molecule has 0 radical (unpaired) electrons. The van der Waals surface area contributed by atoms with Gasteiger partial charge in [-0.05, 0) is 92.2 Å². The lowest BCUT2D eigenvalue weighted by atomic mass is 9.43. The van der Waals surface area contributed by atoms with Gasteiger partial charge in [-0.3, -0.25) is 0 Å². The van der Waals surface area contributed by atoms with E-state index in [9.17, 15) is 13.2 Å². The number of hydrogen-bond acceptors (Lipinski definition) is 1. The number of nitrogens with two attached hydrogens (primary N) is 1. The molecule has 3 unspecified atom stereocenters. The summed E-state index contributed by atoms with van der Waals surface area (Å²) in [5.41, 5.74) is 5.94. The van der Waals surface area contributed by atoms with Gasteiger partial charge in [0.1, 0.15) is 0 Å². The van der Waals surface area contributed by atoms with Gasteiger partial charge in [-0.1, -0.05) is 24.6 Å². The normalized spacial score (nSPS) is 36.8. The van der Waals surface area contributed by atoms with Crippen LogP contribution in [0.1, 0.15) is 68.4 Å². The average molecular weight is 351 g/mol. The summed E-state index contributed by atoms with van der Waals surface area (Å²) in [6, 6.07) is 6.38. The second-order valence-corrected chi connectivity index (χ2v) is 8.78. The molecular weight excluding hydrogens is 323 g/mol. The van der Waals surface area contributed by atoms with Gasteiger partial charge in [0.15, 0.2) is 0 Å². The van der Waals surface area contributed by atoms with E-state index in [0.717, 1.165) is 56.8 Å². The Bertz CT molecular complexity index is 610. The summed E-state index contributed by atoms with van der Waals surface area (Å²) in [4.78, 5) is 0. The molecule has 1 aromatic carbocycles. The van der Waals surface area contributed by atoms with Crippen molar-refractivity contribution in [3.05, 3.63) is 35.4 Å². The van der Waals surface area contributed by atoms with E-state index in [4.69, 9.17) is 5.73 Å². The van der Waals surface area contributed by atoms with Crippen molar-refractivity contribution in [2.24, 2.45) is 28.9 Å². The highest BCUT2D eigenvalue weighted by Gasteiger charge is 2.57. The summed E-state index contributed by atoms with van der Waals surface area (Å²) < 4.78 is 41.0. The molecule has 5 rings (SSSR count). The highest BCUT2D eigenvalue weighted by atomic mass is 19.4. The van der Waals surface area contributed by atoms with Gasteiger partial charge < -0.3 is 5.73 Å². The lowest BCUT2D eigenvalue weighted by Gasteiger charge is -2.62. The predicted molar refractivity (Wildman–Crippen MR) is 93.1 cm³/mol. The van der Waals surface area contributed by atoms with E-state index in [0.29, 0.717) is 18.0 Å². The van der Waals surface area contributed by atoms with E-state index in [2.05, 4.69) is 0 Å². The van der Waals surface area contributed by atoms with Crippen LogP contribution in [-0.2, 0) is 6.18 Å². The molecule has 0 heterocycles. The minimum absolute atomic E-state index is 0.0747. The van der Waals surface area contributed by atoms with Crippen molar-refractivity contribution in [3.63, 3.8) is 0 Å². The molecule has 138 valence electrons. The Hall–Kier alpha value is -1.03. The standard InChI is InChI=1S/C21H28F3N/c22-21(23,24)18-6-2-1-5-17(18)19-16-10-14-9-15(11-16)13-20(19,12-14)7-3-4-8-25/h1-2,5-6,14-16,19H,3-4,7-13,25H2. The Kier molecular flexibility index (Phi) is 4.38. The summed E-state index contributed by atoms with van der Waals surface area (Å²) in [6.45, 7) is 0.677. The smallest absolute Gasteiger partial charge is 0.330 e. The first-order chi connectivity index (χ1) is 11.9. The van der Waals surface area contributed by atoms with Gasteiger partial charge in [-0.25, -0.2) is 0 Å². The van der Waals surface area contributed by atoms with Crippen LogP contribution in [0.25, 0.3) is 0 Å². The first-order valence-corrected chi connectivity index (χ1v) is 9.79. The summed E-state index contributed by atoms with van der Waals surface area (Å²) in [5, 5.41) is 0. The molecule has 1 aromatic rings. The van der Waals surface area contributed by atoms with Gasteiger partial charge >= 0.3 is 6.18 Å². The molecule has 25 heavy (non-hydrogen) atoms. The monoisotopic (exact) mass is 351 g/mol. The van der Waals surface area contributed by atoms with Crippen molar-refractivity contribution in [3.8, 4) is 0 Å². The van der Waals surface area contributed by atoms with Crippen LogP contribution in [0.4, 0.5) is 13.2 Å². The Morgan fingerprint density at radius 3 is 2.32 bits per heavy atom. The molecule has 4 saturated carbocycles. The second kappa shape index (κ2) is 6.29. The van der Waals surface area contributed by atoms with Crippen LogP contribution >= 0.6 is 0 Å². The Labute approximate surface area is 148 Å². The zero-order valence-electron chi connectivity index (χ0n) is 14.7. The topological polar surface area (TPSA) is 26.0 Å². The molecule has 2 N–H and O–H groups in total. The van der Waals surface area contributed by atoms with Gasteiger partial charge in [0.05, 0.1) is 5.56 Å². The molecule has 4 bridgehead atoms. The third-order valence-electron chi connectivity index (χ3n) is 7.19. The molecule has 3 atom stereocenters. The number of hydrogen-bond donors (Lipinski definition) is 1. The van der Waals surface area contributed by atoms with Gasteiger partial charge in [-0.2, -0.15) is 13.2 Å². The molecule has 4 heteroatoms. The third-order valence-corrected chi connectivity index (χ3v) is 7.19. The van der Waals surface area contributed by atoms with Crippen LogP contribution in [-0.4, -0.2) is 6.54 Å². The van der Waals surface area contributed by atoms with E-state index < -0.39 is 11.7 Å². The van der Waals surface area contributed by atoms with E-state index in [1.165, 1.54) is 18.6 Å². The SMILES string of the molecule is NCCCCC12CC3CC(CC(C3)C1c1ccccc1C(F)(F)F)C2. The molecule has 0 amide bonds. The molecule has 4 aliphatic rings. The van der Waals surface area contributed by atoms with Crippen molar-refractivity contribution in [1.82, 2.24) is 0 Å². The highest BCUT2D eigenvalue weighted by Crippen LogP contribution is 2.68. The molecule has 0 saturated heterocycles. The van der Waals surface area contributed by atoms with E-state index in [1.54, 1.807) is 12.1 Å². The van der Waals surface area contributed by atoms with E-state index >= 15 is 0 Å². The summed E-state index contributed by atoms with van der Waals surface area (Å²) in [7, 11) is 0. The maximum atomic E-state index is 13.7. The Morgan fingerprint density at radius 1 is 1.00 bits per heavy atom.